The molecule has 136 valence electrons. The second kappa shape index (κ2) is 10.0. The van der Waals surface area contributed by atoms with E-state index in [2.05, 4.69) is 20.6 Å². The summed E-state index contributed by atoms with van der Waals surface area (Å²) in [6.45, 7) is 4.04. The van der Waals surface area contributed by atoms with Gasteiger partial charge < -0.3 is 20.6 Å². The first kappa shape index (κ1) is 19.2. The molecule has 0 spiro atoms. The van der Waals surface area contributed by atoms with Crippen LogP contribution in [0, 0.1) is 0 Å². The normalized spacial score (nSPS) is 12.7. The highest BCUT2D eigenvalue weighted by Gasteiger charge is 2.11. The predicted octanol–water partition coefficient (Wildman–Crippen LogP) is 2.04. The van der Waals surface area contributed by atoms with Crippen LogP contribution in [0.5, 0.6) is 0 Å². The molecule has 1 heterocycles. The molecular weight excluding hydrogens is 334 g/mol. The lowest BCUT2D eigenvalue weighted by Gasteiger charge is -2.18. The van der Waals surface area contributed by atoms with Crippen molar-refractivity contribution < 1.29 is 5.11 Å². The van der Waals surface area contributed by atoms with Crippen molar-refractivity contribution in [1.29, 1.82) is 0 Å². The number of aliphatic hydroxyl groups is 1. The van der Waals surface area contributed by atoms with E-state index in [1.54, 1.807) is 11.3 Å². The standard InChI is InChI=1S/C18H27N5OS/c1-4-19-17(21-11-16-13-25-18(22-16)23(2)3)20-10-15(12-24)14-8-6-5-7-9-14/h5-9,13,15,24H,4,10-12H2,1-3H3,(H2,19,20,21). The van der Waals surface area contributed by atoms with Gasteiger partial charge >= 0.3 is 0 Å². The molecule has 6 nitrogen and oxygen atoms in total. The second-order valence-corrected chi connectivity index (χ2v) is 6.72. The van der Waals surface area contributed by atoms with E-state index in [9.17, 15) is 5.11 Å². The molecule has 0 fully saturated rings. The molecule has 0 radical (unpaired) electrons. The van der Waals surface area contributed by atoms with E-state index in [-0.39, 0.29) is 12.5 Å². The van der Waals surface area contributed by atoms with Crippen molar-refractivity contribution in [2.24, 2.45) is 4.99 Å². The summed E-state index contributed by atoms with van der Waals surface area (Å²) >= 11 is 1.61. The Hall–Kier alpha value is -2.12. The molecule has 1 aromatic heterocycles. The Kier molecular flexibility index (Phi) is 7.69. The number of thiazole rings is 1. The van der Waals surface area contributed by atoms with E-state index in [1.807, 2.05) is 61.6 Å². The number of nitrogens with one attached hydrogen (secondary N) is 2. The maximum Gasteiger partial charge on any atom is 0.191 e. The van der Waals surface area contributed by atoms with Gasteiger partial charge in [0.15, 0.2) is 11.1 Å². The van der Waals surface area contributed by atoms with Crippen molar-refractivity contribution in [3.05, 3.63) is 47.0 Å². The molecule has 1 atom stereocenters. The van der Waals surface area contributed by atoms with Crippen LogP contribution >= 0.6 is 11.3 Å². The highest BCUT2D eigenvalue weighted by molar-refractivity contribution is 7.13. The quantitative estimate of drug-likeness (QED) is 0.496. The number of benzene rings is 1. The largest absolute Gasteiger partial charge is 0.396 e. The van der Waals surface area contributed by atoms with Crippen LogP contribution in [0.2, 0.25) is 0 Å². The van der Waals surface area contributed by atoms with Crippen LogP contribution in [0.25, 0.3) is 0 Å². The Morgan fingerprint density at radius 1 is 1.28 bits per heavy atom. The summed E-state index contributed by atoms with van der Waals surface area (Å²) < 4.78 is 0. The van der Waals surface area contributed by atoms with Gasteiger partial charge in [0.25, 0.3) is 0 Å². The molecule has 0 aliphatic rings. The SMILES string of the molecule is CCNC(=NCc1csc(N(C)C)n1)NCC(CO)c1ccccc1. The fourth-order valence-corrected chi connectivity index (χ4v) is 3.06. The van der Waals surface area contributed by atoms with E-state index in [4.69, 9.17) is 0 Å². The van der Waals surface area contributed by atoms with Crippen molar-refractivity contribution in [3.8, 4) is 0 Å². The number of anilines is 1. The summed E-state index contributed by atoms with van der Waals surface area (Å²) in [5, 5.41) is 19.2. The molecule has 3 N–H and O–H groups in total. The minimum atomic E-state index is 0.0321. The molecular formula is C18H27N5OS. The zero-order valence-corrected chi connectivity index (χ0v) is 15.9. The number of hydrogen-bond acceptors (Lipinski definition) is 5. The third-order valence-corrected chi connectivity index (χ3v) is 4.73. The van der Waals surface area contributed by atoms with Gasteiger partial charge in [-0.2, -0.15) is 0 Å². The molecule has 1 unspecified atom stereocenters. The highest BCUT2D eigenvalue weighted by Crippen LogP contribution is 2.18. The summed E-state index contributed by atoms with van der Waals surface area (Å²) in [4.78, 5) is 11.1. The summed E-state index contributed by atoms with van der Waals surface area (Å²) in [6.07, 6.45) is 0. The first-order valence-electron chi connectivity index (χ1n) is 8.43. The monoisotopic (exact) mass is 361 g/mol. The zero-order valence-electron chi connectivity index (χ0n) is 15.1. The lowest BCUT2D eigenvalue weighted by molar-refractivity contribution is 0.265. The maximum absolute atomic E-state index is 9.67. The fourth-order valence-electron chi connectivity index (χ4n) is 2.31. The van der Waals surface area contributed by atoms with Gasteiger partial charge in [0.05, 0.1) is 18.8 Å². The van der Waals surface area contributed by atoms with Gasteiger partial charge in [-0.3, -0.25) is 0 Å². The van der Waals surface area contributed by atoms with Crippen LogP contribution < -0.4 is 15.5 Å². The van der Waals surface area contributed by atoms with Crippen molar-refractivity contribution in [1.82, 2.24) is 15.6 Å². The lowest BCUT2D eigenvalue weighted by atomic mass is 10.0. The third kappa shape index (κ3) is 6.03. The Morgan fingerprint density at radius 2 is 2.04 bits per heavy atom. The molecule has 2 aromatic rings. The molecule has 25 heavy (non-hydrogen) atoms. The Labute approximate surface area is 153 Å². The van der Waals surface area contributed by atoms with E-state index in [1.165, 1.54) is 0 Å². The van der Waals surface area contributed by atoms with E-state index in [0.29, 0.717) is 13.1 Å². The van der Waals surface area contributed by atoms with E-state index in [0.717, 1.165) is 28.9 Å². The average molecular weight is 362 g/mol. The number of aromatic nitrogens is 1. The van der Waals surface area contributed by atoms with Crippen LogP contribution in [0.4, 0.5) is 5.13 Å². The third-order valence-electron chi connectivity index (χ3n) is 3.67. The molecule has 0 aliphatic carbocycles. The second-order valence-electron chi connectivity index (χ2n) is 5.88. The molecule has 2 rings (SSSR count). The topological polar surface area (TPSA) is 72.8 Å². The van der Waals surface area contributed by atoms with Crippen molar-refractivity contribution in [3.63, 3.8) is 0 Å². The number of rotatable bonds is 8. The van der Waals surface area contributed by atoms with Gasteiger partial charge in [0, 0.05) is 38.5 Å². The van der Waals surface area contributed by atoms with Gasteiger partial charge in [-0.15, -0.1) is 11.3 Å². The number of aliphatic imine (C=N–C) groups is 1. The van der Waals surface area contributed by atoms with Gasteiger partial charge in [0.2, 0.25) is 0 Å². The molecule has 0 aliphatic heterocycles. The van der Waals surface area contributed by atoms with Crippen LogP contribution in [0.1, 0.15) is 24.1 Å². The van der Waals surface area contributed by atoms with E-state index < -0.39 is 0 Å². The Bertz CT molecular complexity index is 656. The number of nitrogens with zero attached hydrogens (tertiary/aromatic N) is 3. The molecule has 0 amide bonds. The maximum atomic E-state index is 9.67. The van der Waals surface area contributed by atoms with Gasteiger partial charge in [-0.25, -0.2) is 9.98 Å². The molecule has 0 saturated heterocycles. The van der Waals surface area contributed by atoms with Gasteiger partial charge in [-0.1, -0.05) is 30.3 Å². The summed E-state index contributed by atoms with van der Waals surface area (Å²) in [6, 6.07) is 10.0. The van der Waals surface area contributed by atoms with Crippen molar-refractivity contribution in [2.75, 3.05) is 38.7 Å². The number of aliphatic hydroxyl groups excluding tert-OH is 1. The van der Waals surface area contributed by atoms with Gasteiger partial charge in [0.1, 0.15) is 0 Å². The van der Waals surface area contributed by atoms with Crippen LogP contribution in [-0.4, -0.2) is 49.8 Å². The summed E-state index contributed by atoms with van der Waals surface area (Å²) in [5.74, 6) is 0.765. The minimum Gasteiger partial charge on any atom is -0.396 e. The van der Waals surface area contributed by atoms with Crippen LogP contribution in [0.3, 0.4) is 0 Å². The van der Waals surface area contributed by atoms with Crippen LogP contribution in [0.15, 0.2) is 40.7 Å². The number of hydrogen-bond donors (Lipinski definition) is 3. The van der Waals surface area contributed by atoms with Crippen molar-refractivity contribution in [2.45, 2.75) is 19.4 Å². The van der Waals surface area contributed by atoms with E-state index >= 15 is 0 Å². The lowest BCUT2D eigenvalue weighted by Crippen LogP contribution is -2.39. The summed E-state index contributed by atoms with van der Waals surface area (Å²) in [7, 11) is 3.96. The van der Waals surface area contributed by atoms with Crippen molar-refractivity contribution >= 4 is 22.4 Å². The first-order valence-corrected chi connectivity index (χ1v) is 9.31. The smallest absolute Gasteiger partial charge is 0.191 e. The zero-order chi connectivity index (χ0) is 18.1. The Balaban J connectivity index is 1.96. The number of guanidine groups is 1. The Morgan fingerprint density at radius 3 is 2.64 bits per heavy atom. The molecule has 0 saturated carbocycles. The first-order chi connectivity index (χ1) is 12.1. The molecule has 1 aromatic carbocycles. The molecule has 7 heteroatoms. The highest BCUT2D eigenvalue weighted by atomic mass is 32.1. The van der Waals surface area contributed by atoms with Gasteiger partial charge in [-0.05, 0) is 12.5 Å². The molecule has 0 bridgehead atoms. The predicted molar refractivity (Wildman–Crippen MR) is 106 cm³/mol. The van der Waals surface area contributed by atoms with Crippen LogP contribution in [-0.2, 0) is 6.54 Å². The average Bonchev–Trinajstić information content (AvgIpc) is 3.10. The minimum absolute atomic E-state index is 0.0321. The summed E-state index contributed by atoms with van der Waals surface area (Å²) in [5.41, 5.74) is 2.07. The fraction of sp³-hybridized carbons (Fsp3) is 0.444.